The zero-order valence-corrected chi connectivity index (χ0v) is 14.2. The molecule has 2 aromatic heterocycles. The maximum Gasteiger partial charge on any atom is 0.262 e. The first-order chi connectivity index (χ1) is 11.7. The maximum atomic E-state index is 11.4. The molecule has 2 rings (SSSR count). The molecule has 6 heteroatoms. The summed E-state index contributed by atoms with van der Waals surface area (Å²) < 4.78 is 1.97. The molecule has 2 heterocycles. The van der Waals surface area contributed by atoms with Gasteiger partial charge in [-0.3, -0.25) is 14.4 Å². The molecule has 0 saturated carbocycles. The summed E-state index contributed by atoms with van der Waals surface area (Å²) in [6.45, 7) is 4.18. The molecule has 2 aromatic rings. The third kappa shape index (κ3) is 4.27. The van der Waals surface area contributed by atoms with Crippen LogP contribution in [0.15, 0.2) is 18.2 Å². The van der Waals surface area contributed by atoms with Gasteiger partial charge in [-0.1, -0.05) is 38.7 Å². The first kappa shape index (κ1) is 17.8. The van der Waals surface area contributed by atoms with E-state index in [4.69, 9.17) is 5.21 Å². The molecule has 0 fully saturated rings. The molecular weight excluding hydrogens is 304 g/mol. The van der Waals surface area contributed by atoms with Crippen LogP contribution in [0.5, 0.6) is 0 Å². The Hall–Kier alpha value is -2.52. The van der Waals surface area contributed by atoms with Crippen molar-refractivity contribution in [3.8, 4) is 11.8 Å². The van der Waals surface area contributed by atoms with Crippen LogP contribution in [0.1, 0.15) is 50.9 Å². The summed E-state index contributed by atoms with van der Waals surface area (Å²) in [5.74, 6) is 6.45. The fourth-order valence-corrected chi connectivity index (χ4v) is 2.50. The Kier molecular flexibility index (Phi) is 6.64. The molecule has 0 aliphatic heterocycles. The number of fused-ring (bicyclic) bond motifs is 1. The van der Waals surface area contributed by atoms with Gasteiger partial charge in [0.25, 0.3) is 5.91 Å². The number of amides is 1. The molecule has 6 nitrogen and oxygen atoms in total. The monoisotopic (exact) mass is 328 g/mol. The number of hydroxylamine groups is 1. The summed E-state index contributed by atoms with van der Waals surface area (Å²) in [6, 6.07) is 5.90. The Morgan fingerprint density at radius 2 is 2.17 bits per heavy atom. The Bertz CT molecular complexity index is 755. The van der Waals surface area contributed by atoms with E-state index in [0.29, 0.717) is 11.5 Å². The summed E-state index contributed by atoms with van der Waals surface area (Å²) in [6.07, 6.45) is 5.07. The molecule has 0 saturated heterocycles. The lowest BCUT2D eigenvalue weighted by Crippen LogP contribution is -2.27. The van der Waals surface area contributed by atoms with Crippen molar-refractivity contribution in [1.29, 1.82) is 0 Å². The number of nitrogens with one attached hydrogen (secondary N) is 2. The zero-order valence-electron chi connectivity index (χ0n) is 14.2. The highest BCUT2D eigenvalue weighted by molar-refractivity contribution is 5.80. The number of imidazole rings is 1. The molecule has 1 amide bonds. The van der Waals surface area contributed by atoms with Gasteiger partial charge >= 0.3 is 0 Å². The van der Waals surface area contributed by atoms with Crippen molar-refractivity contribution >= 4 is 17.4 Å². The van der Waals surface area contributed by atoms with E-state index in [1.165, 1.54) is 12.8 Å². The summed E-state index contributed by atoms with van der Waals surface area (Å²) in [5.41, 5.74) is 4.11. The number of pyridine rings is 1. The highest BCUT2D eigenvalue weighted by Crippen LogP contribution is 2.20. The van der Waals surface area contributed by atoms with Crippen LogP contribution >= 0.6 is 0 Å². The average Bonchev–Trinajstić information content (AvgIpc) is 2.96. The van der Waals surface area contributed by atoms with Gasteiger partial charge in [0, 0.05) is 12.1 Å². The SMILES string of the molecule is CCCCCC#Cc1nc2cccc(CC)n2c1NCC(=O)NO. The van der Waals surface area contributed by atoms with E-state index in [9.17, 15) is 4.79 Å². The van der Waals surface area contributed by atoms with E-state index < -0.39 is 5.91 Å². The van der Waals surface area contributed by atoms with E-state index in [1.807, 2.05) is 22.6 Å². The minimum absolute atomic E-state index is 0.0488. The lowest BCUT2D eigenvalue weighted by molar-refractivity contribution is -0.127. The van der Waals surface area contributed by atoms with Crippen LogP contribution in [0, 0.1) is 11.8 Å². The molecule has 0 unspecified atom stereocenters. The quantitative estimate of drug-likeness (QED) is 0.316. The van der Waals surface area contributed by atoms with Crippen molar-refractivity contribution < 1.29 is 10.0 Å². The number of hydrogen-bond donors (Lipinski definition) is 3. The Labute approximate surface area is 142 Å². The number of hydrogen-bond acceptors (Lipinski definition) is 4. The fraction of sp³-hybridized carbons (Fsp3) is 0.444. The first-order valence-corrected chi connectivity index (χ1v) is 8.37. The molecular formula is C18H24N4O2. The van der Waals surface area contributed by atoms with Crippen LogP contribution in [-0.4, -0.2) is 27.0 Å². The number of rotatable bonds is 7. The maximum absolute atomic E-state index is 11.4. The van der Waals surface area contributed by atoms with Crippen molar-refractivity contribution in [2.45, 2.75) is 46.0 Å². The molecule has 0 atom stereocenters. The summed E-state index contributed by atoms with van der Waals surface area (Å²) in [7, 11) is 0. The summed E-state index contributed by atoms with van der Waals surface area (Å²) >= 11 is 0. The standard InChI is InChI=1S/C18H24N4O2/c1-3-5-6-7-8-11-15-18(19-13-17(23)21-24)22-14(4-2)10-9-12-16(22)20-15/h9-10,12,19,24H,3-7,13H2,1-2H3,(H,21,23). The second-order valence-electron chi connectivity index (χ2n) is 5.52. The topological polar surface area (TPSA) is 78.7 Å². The van der Waals surface area contributed by atoms with Crippen LogP contribution in [0.2, 0.25) is 0 Å². The van der Waals surface area contributed by atoms with Gasteiger partial charge in [-0.15, -0.1) is 0 Å². The van der Waals surface area contributed by atoms with Crippen LogP contribution in [-0.2, 0) is 11.2 Å². The molecule has 3 N–H and O–H groups in total. The Balaban J connectivity index is 2.35. The number of unbranched alkanes of at least 4 members (excludes halogenated alkanes) is 3. The number of nitrogens with zero attached hydrogens (tertiary/aromatic N) is 2. The van der Waals surface area contributed by atoms with Gasteiger partial charge in [0.15, 0.2) is 5.69 Å². The number of carbonyl (C=O) groups excluding carboxylic acids is 1. The Morgan fingerprint density at radius 1 is 1.33 bits per heavy atom. The normalized spacial score (nSPS) is 10.3. The third-order valence-corrected chi connectivity index (χ3v) is 3.74. The van der Waals surface area contributed by atoms with E-state index in [-0.39, 0.29) is 6.54 Å². The summed E-state index contributed by atoms with van der Waals surface area (Å²) in [4.78, 5) is 15.9. The van der Waals surface area contributed by atoms with E-state index in [2.05, 4.69) is 36.0 Å². The predicted molar refractivity (Wildman–Crippen MR) is 94.0 cm³/mol. The minimum Gasteiger partial charge on any atom is -0.360 e. The van der Waals surface area contributed by atoms with Crippen molar-refractivity contribution in [2.24, 2.45) is 0 Å². The molecule has 0 aliphatic rings. The van der Waals surface area contributed by atoms with Crippen LogP contribution in [0.25, 0.3) is 5.65 Å². The van der Waals surface area contributed by atoms with E-state index in [0.717, 1.165) is 30.6 Å². The lowest BCUT2D eigenvalue weighted by atomic mass is 10.2. The Morgan fingerprint density at radius 3 is 2.88 bits per heavy atom. The van der Waals surface area contributed by atoms with Crippen molar-refractivity contribution in [1.82, 2.24) is 14.9 Å². The largest absolute Gasteiger partial charge is 0.360 e. The first-order valence-electron chi connectivity index (χ1n) is 8.37. The van der Waals surface area contributed by atoms with Gasteiger partial charge in [0.2, 0.25) is 0 Å². The second kappa shape index (κ2) is 8.94. The number of anilines is 1. The minimum atomic E-state index is -0.513. The highest BCUT2D eigenvalue weighted by Gasteiger charge is 2.13. The third-order valence-electron chi connectivity index (χ3n) is 3.74. The van der Waals surface area contributed by atoms with Crippen LogP contribution < -0.4 is 10.8 Å². The van der Waals surface area contributed by atoms with Gasteiger partial charge in [0.05, 0.1) is 6.54 Å². The summed E-state index contributed by atoms with van der Waals surface area (Å²) in [5, 5.41) is 11.7. The molecule has 0 bridgehead atoms. The van der Waals surface area contributed by atoms with Gasteiger partial charge in [0.1, 0.15) is 11.5 Å². The highest BCUT2D eigenvalue weighted by atomic mass is 16.5. The molecule has 24 heavy (non-hydrogen) atoms. The van der Waals surface area contributed by atoms with E-state index >= 15 is 0 Å². The van der Waals surface area contributed by atoms with E-state index in [1.54, 1.807) is 5.48 Å². The molecule has 0 aliphatic carbocycles. The van der Waals surface area contributed by atoms with Gasteiger partial charge in [-0.2, -0.15) is 0 Å². The smallest absolute Gasteiger partial charge is 0.262 e. The van der Waals surface area contributed by atoms with Crippen molar-refractivity contribution in [2.75, 3.05) is 11.9 Å². The number of carbonyl (C=O) groups is 1. The average molecular weight is 328 g/mol. The van der Waals surface area contributed by atoms with Crippen molar-refractivity contribution in [3.05, 3.63) is 29.6 Å². The lowest BCUT2D eigenvalue weighted by Gasteiger charge is -2.09. The second-order valence-corrected chi connectivity index (χ2v) is 5.52. The molecule has 0 spiro atoms. The van der Waals surface area contributed by atoms with Crippen LogP contribution in [0.3, 0.4) is 0 Å². The van der Waals surface area contributed by atoms with Crippen molar-refractivity contribution in [3.63, 3.8) is 0 Å². The fourth-order valence-electron chi connectivity index (χ4n) is 2.50. The molecule has 128 valence electrons. The predicted octanol–water partition coefficient (Wildman–Crippen LogP) is 2.75. The van der Waals surface area contributed by atoms with Gasteiger partial charge in [-0.05, 0) is 30.9 Å². The van der Waals surface area contributed by atoms with Gasteiger partial charge < -0.3 is 5.32 Å². The molecule has 0 radical (unpaired) electrons. The molecule has 0 aromatic carbocycles. The zero-order chi connectivity index (χ0) is 17.4. The van der Waals surface area contributed by atoms with Gasteiger partial charge in [-0.25, -0.2) is 10.5 Å². The number of aromatic nitrogens is 2. The number of aryl methyl sites for hydroxylation is 1. The van der Waals surface area contributed by atoms with Crippen LogP contribution in [0.4, 0.5) is 5.82 Å².